The molecule has 0 fully saturated rings. The number of imidazole rings is 1. The van der Waals surface area contributed by atoms with E-state index in [9.17, 15) is 14.4 Å². The van der Waals surface area contributed by atoms with Crippen LogP contribution in [-0.2, 0) is 34.0 Å². The summed E-state index contributed by atoms with van der Waals surface area (Å²) in [5.41, 5.74) is -0.338. The lowest BCUT2D eigenvalue weighted by Gasteiger charge is -2.08. The monoisotopic (exact) mass is 390 g/mol. The van der Waals surface area contributed by atoms with Crippen molar-refractivity contribution in [2.75, 3.05) is 13.2 Å². The van der Waals surface area contributed by atoms with Gasteiger partial charge >= 0.3 is 11.7 Å². The number of fused-ring (bicyclic) bond motifs is 1. The number of aromatic nitrogens is 4. The highest BCUT2D eigenvalue weighted by Crippen LogP contribution is 2.14. The fourth-order valence-electron chi connectivity index (χ4n) is 2.82. The molecule has 0 aromatic carbocycles. The number of nitrogens with one attached hydrogen (secondary N) is 1. The quantitative estimate of drug-likeness (QED) is 0.351. The van der Waals surface area contributed by atoms with Gasteiger partial charge in [0.15, 0.2) is 11.2 Å². The van der Waals surface area contributed by atoms with Crippen LogP contribution in [0.4, 0.5) is 0 Å². The third-order valence-corrected chi connectivity index (χ3v) is 4.15. The zero-order valence-electron chi connectivity index (χ0n) is 16.3. The van der Waals surface area contributed by atoms with Gasteiger partial charge in [-0.2, -0.15) is 0 Å². The van der Waals surface area contributed by atoms with Crippen LogP contribution >= 0.6 is 0 Å². The van der Waals surface area contributed by atoms with E-state index >= 15 is 0 Å². The van der Waals surface area contributed by atoms with E-state index in [1.807, 2.05) is 13.8 Å². The Labute approximate surface area is 162 Å². The molecule has 2 heterocycles. The summed E-state index contributed by atoms with van der Waals surface area (Å²) in [5, 5.41) is 0. The molecule has 28 heavy (non-hydrogen) atoms. The second-order valence-corrected chi connectivity index (χ2v) is 6.28. The van der Waals surface area contributed by atoms with Gasteiger partial charge in [0.2, 0.25) is 0 Å². The molecule has 0 saturated heterocycles. The molecular formula is C19H26N4O5. The van der Waals surface area contributed by atoms with Crippen molar-refractivity contribution in [3.8, 4) is 12.3 Å². The van der Waals surface area contributed by atoms with Gasteiger partial charge in [-0.3, -0.25) is 19.1 Å². The minimum Gasteiger partial charge on any atom is -0.457 e. The zero-order chi connectivity index (χ0) is 20.5. The van der Waals surface area contributed by atoms with Crippen LogP contribution < -0.4 is 11.2 Å². The summed E-state index contributed by atoms with van der Waals surface area (Å²) in [7, 11) is 0. The summed E-state index contributed by atoms with van der Waals surface area (Å²) in [6.45, 7) is 5.17. The Bertz CT molecular complexity index is 964. The molecule has 9 heteroatoms. The average molecular weight is 390 g/mol. The second-order valence-electron chi connectivity index (χ2n) is 6.28. The molecule has 0 aliphatic rings. The highest BCUT2D eigenvalue weighted by molar-refractivity contribution is 5.71. The van der Waals surface area contributed by atoms with E-state index in [4.69, 9.17) is 15.9 Å². The maximum Gasteiger partial charge on any atom is 0.330 e. The molecule has 0 radical (unpaired) electrons. The van der Waals surface area contributed by atoms with Gasteiger partial charge in [0.25, 0.3) is 5.56 Å². The third kappa shape index (κ3) is 5.10. The molecule has 2 rings (SSSR count). The van der Waals surface area contributed by atoms with Crippen molar-refractivity contribution in [3.05, 3.63) is 26.7 Å². The molecule has 0 aliphatic heterocycles. The van der Waals surface area contributed by atoms with Crippen molar-refractivity contribution in [2.45, 2.75) is 59.2 Å². The highest BCUT2D eigenvalue weighted by atomic mass is 16.5. The summed E-state index contributed by atoms with van der Waals surface area (Å²) in [6, 6.07) is 0. The smallest absolute Gasteiger partial charge is 0.330 e. The van der Waals surface area contributed by atoms with Crippen LogP contribution in [0.3, 0.4) is 0 Å². The number of hydrogen-bond acceptors (Lipinski definition) is 6. The van der Waals surface area contributed by atoms with Gasteiger partial charge in [0.05, 0.1) is 13.0 Å². The normalized spacial score (nSPS) is 10.9. The fraction of sp³-hybridized carbons (Fsp3) is 0.579. The molecule has 2 aromatic rings. The molecule has 0 amide bonds. The van der Waals surface area contributed by atoms with Gasteiger partial charge in [-0.25, -0.2) is 9.78 Å². The molecule has 0 saturated carbocycles. The van der Waals surface area contributed by atoms with Crippen molar-refractivity contribution in [3.63, 3.8) is 0 Å². The maximum absolute atomic E-state index is 12.4. The third-order valence-electron chi connectivity index (χ3n) is 4.15. The van der Waals surface area contributed by atoms with E-state index in [0.717, 1.165) is 19.3 Å². The molecule has 0 atom stereocenters. The van der Waals surface area contributed by atoms with E-state index in [0.29, 0.717) is 30.1 Å². The van der Waals surface area contributed by atoms with Gasteiger partial charge in [-0.15, -0.1) is 6.42 Å². The minimum atomic E-state index is -0.492. The average Bonchev–Trinajstić information content (AvgIpc) is 3.02. The van der Waals surface area contributed by atoms with Gasteiger partial charge in [-0.1, -0.05) is 26.2 Å². The zero-order valence-corrected chi connectivity index (χ0v) is 16.3. The van der Waals surface area contributed by atoms with Crippen LogP contribution in [0, 0.1) is 12.3 Å². The lowest BCUT2D eigenvalue weighted by atomic mass is 10.3. The molecule has 0 unspecified atom stereocenters. The molecule has 1 N–H and O–H groups in total. The number of hydrogen-bond donors (Lipinski definition) is 1. The van der Waals surface area contributed by atoms with E-state index in [1.165, 1.54) is 4.57 Å². The van der Waals surface area contributed by atoms with Crippen molar-refractivity contribution < 1.29 is 14.3 Å². The number of H-pyrrole nitrogens is 1. The Balaban J connectivity index is 2.30. The number of aromatic amines is 1. The number of terminal acetylenes is 1. The van der Waals surface area contributed by atoms with Crippen LogP contribution in [-0.4, -0.2) is 38.3 Å². The van der Waals surface area contributed by atoms with Crippen LogP contribution in [0.25, 0.3) is 11.2 Å². The first-order valence-corrected chi connectivity index (χ1v) is 9.42. The van der Waals surface area contributed by atoms with E-state index in [1.54, 1.807) is 4.57 Å². The van der Waals surface area contributed by atoms with Crippen LogP contribution in [0.15, 0.2) is 9.59 Å². The van der Waals surface area contributed by atoms with Crippen molar-refractivity contribution >= 4 is 17.1 Å². The Morgan fingerprint density at radius 1 is 1.21 bits per heavy atom. The number of carbonyl (C=O) groups excluding carboxylic acids is 1. The van der Waals surface area contributed by atoms with Gasteiger partial charge in [0, 0.05) is 13.1 Å². The lowest BCUT2D eigenvalue weighted by Crippen LogP contribution is -2.31. The lowest BCUT2D eigenvalue weighted by molar-refractivity contribution is -0.146. The van der Waals surface area contributed by atoms with Crippen LogP contribution in [0.1, 0.15) is 45.4 Å². The number of nitrogens with zero attached hydrogens (tertiary/aromatic N) is 3. The molecular weight excluding hydrogens is 364 g/mol. The summed E-state index contributed by atoms with van der Waals surface area (Å²) in [4.78, 5) is 43.3. The first kappa shape index (κ1) is 21.4. The van der Waals surface area contributed by atoms with E-state index in [2.05, 4.69) is 15.9 Å². The van der Waals surface area contributed by atoms with Crippen molar-refractivity contribution in [1.29, 1.82) is 0 Å². The highest BCUT2D eigenvalue weighted by Gasteiger charge is 2.19. The minimum absolute atomic E-state index is 0.0669. The van der Waals surface area contributed by atoms with Crippen molar-refractivity contribution in [1.82, 2.24) is 19.1 Å². The summed E-state index contributed by atoms with van der Waals surface area (Å²) >= 11 is 0. The van der Waals surface area contributed by atoms with E-state index < -0.39 is 17.2 Å². The predicted molar refractivity (Wildman–Crippen MR) is 104 cm³/mol. The SMILES string of the molecule is C#CCOCCC(=O)OCc1nc2c(c(=O)[nH]c(=O)n2CCCC)n1CCC. The Kier molecular flexibility index (Phi) is 8.02. The molecule has 152 valence electrons. The maximum atomic E-state index is 12.4. The van der Waals surface area contributed by atoms with Crippen LogP contribution in [0.5, 0.6) is 0 Å². The first-order valence-electron chi connectivity index (χ1n) is 9.42. The number of ether oxygens (including phenoxy) is 2. The summed E-state index contributed by atoms with van der Waals surface area (Å²) < 4.78 is 13.5. The number of esters is 1. The predicted octanol–water partition coefficient (Wildman–Crippen LogP) is 1.18. The second kappa shape index (κ2) is 10.5. The standard InChI is InChI=1S/C19H26N4O5/c1-4-7-10-23-17-16(18(25)21-19(23)26)22(9-5-2)14(20-17)13-28-15(24)8-12-27-11-6-3/h3H,4-5,7-13H2,1-2H3,(H,21,25,26). The Hall–Kier alpha value is -2.86. The summed E-state index contributed by atoms with van der Waals surface area (Å²) in [5.74, 6) is 2.29. The fourth-order valence-corrected chi connectivity index (χ4v) is 2.82. The number of aryl methyl sites for hydroxylation is 2. The molecule has 2 aromatic heterocycles. The number of unbranched alkanes of at least 4 members (excludes halogenated alkanes) is 1. The number of rotatable bonds is 11. The van der Waals surface area contributed by atoms with Gasteiger partial charge in [0.1, 0.15) is 19.0 Å². The molecule has 0 spiro atoms. The summed E-state index contributed by atoms with van der Waals surface area (Å²) in [6.07, 6.45) is 7.57. The van der Waals surface area contributed by atoms with E-state index in [-0.39, 0.29) is 26.2 Å². The topological polar surface area (TPSA) is 108 Å². The molecule has 0 bridgehead atoms. The largest absolute Gasteiger partial charge is 0.457 e. The molecule has 9 nitrogen and oxygen atoms in total. The van der Waals surface area contributed by atoms with Crippen molar-refractivity contribution in [2.24, 2.45) is 0 Å². The van der Waals surface area contributed by atoms with Crippen LogP contribution in [0.2, 0.25) is 0 Å². The first-order chi connectivity index (χ1) is 13.5. The van der Waals surface area contributed by atoms with Gasteiger partial charge in [-0.05, 0) is 12.8 Å². The Morgan fingerprint density at radius 3 is 2.68 bits per heavy atom. The number of carbonyl (C=O) groups is 1. The Morgan fingerprint density at radius 2 is 2.00 bits per heavy atom. The molecule has 0 aliphatic carbocycles. The van der Waals surface area contributed by atoms with Gasteiger partial charge < -0.3 is 14.0 Å².